The van der Waals surface area contributed by atoms with Gasteiger partial charge in [0.15, 0.2) is 0 Å². The van der Waals surface area contributed by atoms with Crippen molar-refractivity contribution in [2.45, 2.75) is 13.8 Å². The summed E-state index contributed by atoms with van der Waals surface area (Å²) in [5.74, 6) is 0.285. The summed E-state index contributed by atoms with van der Waals surface area (Å²) in [6, 6.07) is 18.6. The highest BCUT2D eigenvalue weighted by molar-refractivity contribution is 6.31. The van der Waals surface area contributed by atoms with Crippen LogP contribution in [0.3, 0.4) is 0 Å². The van der Waals surface area contributed by atoms with Crippen molar-refractivity contribution in [1.29, 1.82) is 5.26 Å². The molecule has 0 fully saturated rings. The number of fused-ring (bicyclic) bond motifs is 1. The van der Waals surface area contributed by atoms with Crippen LogP contribution in [0.4, 0.5) is 5.69 Å². The molecule has 140 valence electrons. The van der Waals surface area contributed by atoms with Crippen LogP contribution in [0.5, 0.6) is 5.75 Å². The van der Waals surface area contributed by atoms with Crippen molar-refractivity contribution < 1.29 is 9.53 Å². The number of nitrogens with one attached hydrogen (secondary N) is 1. The number of carbonyl (C=O) groups excluding carboxylic acids is 1. The van der Waals surface area contributed by atoms with Gasteiger partial charge in [-0.25, -0.2) is 0 Å². The number of ether oxygens (including phenoxy) is 1. The van der Waals surface area contributed by atoms with Crippen LogP contribution in [0.2, 0.25) is 5.02 Å². The lowest BCUT2D eigenvalue weighted by molar-refractivity contribution is -0.112. The number of carbonyl (C=O) groups is 1. The van der Waals surface area contributed by atoms with Gasteiger partial charge in [-0.2, -0.15) is 5.26 Å². The zero-order chi connectivity index (χ0) is 20.1. The second kappa shape index (κ2) is 8.60. The predicted molar refractivity (Wildman–Crippen MR) is 114 cm³/mol. The Morgan fingerprint density at radius 3 is 2.61 bits per heavy atom. The predicted octanol–water partition coefficient (Wildman–Crippen LogP) is 5.75. The molecule has 0 aromatic heterocycles. The smallest absolute Gasteiger partial charge is 0.266 e. The molecule has 3 aromatic rings. The molecule has 0 aliphatic heterocycles. The second-order valence-electron chi connectivity index (χ2n) is 6.22. The quantitative estimate of drug-likeness (QED) is 0.446. The van der Waals surface area contributed by atoms with Gasteiger partial charge in [0.25, 0.3) is 5.91 Å². The van der Waals surface area contributed by atoms with E-state index >= 15 is 0 Å². The average molecular weight is 391 g/mol. The van der Waals surface area contributed by atoms with E-state index in [4.69, 9.17) is 16.3 Å². The van der Waals surface area contributed by atoms with E-state index in [0.717, 1.165) is 27.6 Å². The van der Waals surface area contributed by atoms with Crippen LogP contribution in [0.1, 0.15) is 18.1 Å². The molecule has 0 aliphatic rings. The summed E-state index contributed by atoms with van der Waals surface area (Å²) in [6.07, 6.45) is 1.59. The standard InChI is InChI=1S/C23H19ClN2O2/c1-3-28-22-11-9-16(19-6-4-5-7-20(19)22)12-17(14-25)23(27)26-18-10-8-15(2)21(24)13-18/h4-13H,3H2,1-2H3,(H,26,27)/b17-12+. The number of hydrogen-bond donors (Lipinski definition) is 1. The van der Waals surface area contributed by atoms with Crippen molar-refractivity contribution in [2.75, 3.05) is 11.9 Å². The number of halogens is 1. The fourth-order valence-corrected chi connectivity index (χ4v) is 3.06. The lowest BCUT2D eigenvalue weighted by Gasteiger charge is -2.10. The molecule has 1 amide bonds. The van der Waals surface area contributed by atoms with Crippen LogP contribution in [0.25, 0.3) is 16.8 Å². The van der Waals surface area contributed by atoms with Gasteiger partial charge in [-0.1, -0.05) is 48.0 Å². The molecule has 28 heavy (non-hydrogen) atoms. The minimum absolute atomic E-state index is 0.00557. The summed E-state index contributed by atoms with van der Waals surface area (Å²) in [4.78, 5) is 12.6. The van der Waals surface area contributed by atoms with E-state index in [9.17, 15) is 10.1 Å². The highest BCUT2D eigenvalue weighted by Gasteiger charge is 2.12. The Hall–Kier alpha value is -3.29. The van der Waals surface area contributed by atoms with Gasteiger partial charge in [-0.05, 0) is 54.6 Å². The number of hydrogen-bond acceptors (Lipinski definition) is 3. The molecule has 0 unspecified atom stereocenters. The van der Waals surface area contributed by atoms with E-state index in [-0.39, 0.29) is 5.57 Å². The Bertz CT molecular complexity index is 1110. The van der Waals surface area contributed by atoms with E-state index in [1.807, 2.05) is 62.4 Å². The van der Waals surface area contributed by atoms with Gasteiger partial charge in [0.1, 0.15) is 17.4 Å². The maximum Gasteiger partial charge on any atom is 0.266 e. The number of amides is 1. The molecule has 0 heterocycles. The van der Waals surface area contributed by atoms with Gasteiger partial charge in [0.2, 0.25) is 0 Å². The molecule has 0 saturated heterocycles. The largest absolute Gasteiger partial charge is 0.493 e. The Balaban J connectivity index is 1.96. The van der Waals surface area contributed by atoms with E-state index in [1.54, 1.807) is 18.2 Å². The van der Waals surface area contributed by atoms with E-state index in [1.165, 1.54) is 0 Å². The molecular formula is C23H19ClN2O2. The van der Waals surface area contributed by atoms with Crippen LogP contribution < -0.4 is 10.1 Å². The number of benzene rings is 3. The molecule has 1 N–H and O–H groups in total. The third-order valence-corrected chi connectivity index (χ3v) is 4.72. The van der Waals surface area contributed by atoms with Crippen molar-refractivity contribution in [2.24, 2.45) is 0 Å². The van der Waals surface area contributed by atoms with Crippen molar-refractivity contribution in [3.8, 4) is 11.8 Å². The number of anilines is 1. The Morgan fingerprint density at radius 1 is 1.18 bits per heavy atom. The van der Waals surface area contributed by atoms with Crippen molar-refractivity contribution >= 4 is 40.0 Å². The molecular weight excluding hydrogens is 372 g/mol. The van der Waals surface area contributed by atoms with Gasteiger partial charge >= 0.3 is 0 Å². The van der Waals surface area contributed by atoms with Crippen molar-refractivity contribution in [1.82, 2.24) is 0 Å². The van der Waals surface area contributed by atoms with Crippen LogP contribution in [0.15, 0.2) is 60.2 Å². The van der Waals surface area contributed by atoms with Crippen molar-refractivity contribution in [3.05, 3.63) is 76.3 Å². The monoisotopic (exact) mass is 390 g/mol. The summed E-state index contributed by atoms with van der Waals surface area (Å²) < 4.78 is 5.68. The first-order valence-electron chi connectivity index (χ1n) is 8.87. The molecule has 0 saturated carbocycles. The third-order valence-electron chi connectivity index (χ3n) is 4.31. The van der Waals surface area contributed by atoms with Gasteiger partial charge in [0.05, 0.1) is 6.61 Å². The summed E-state index contributed by atoms with van der Waals surface area (Å²) in [5.41, 5.74) is 2.23. The molecule has 0 bridgehead atoms. The molecule has 5 heteroatoms. The maximum absolute atomic E-state index is 12.6. The molecule has 0 aliphatic carbocycles. The highest BCUT2D eigenvalue weighted by atomic mass is 35.5. The summed E-state index contributed by atoms with van der Waals surface area (Å²) in [7, 11) is 0. The lowest BCUT2D eigenvalue weighted by Crippen LogP contribution is -2.13. The average Bonchev–Trinajstić information content (AvgIpc) is 2.70. The second-order valence-corrected chi connectivity index (χ2v) is 6.63. The number of nitrogens with zero attached hydrogens (tertiary/aromatic N) is 1. The number of rotatable bonds is 5. The fourth-order valence-electron chi connectivity index (χ4n) is 2.88. The summed E-state index contributed by atoms with van der Waals surface area (Å²) in [5, 5.41) is 14.6. The first kappa shape index (κ1) is 19.5. The first-order valence-corrected chi connectivity index (χ1v) is 9.25. The van der Waals surface area contributed by atoms with Crippen LogP contribution in [0, 0.1) is 18.3 Å². The Morgan fingerprint density at radius 2 is 1.93 bits per heavy atom. The van der Waals surface area contributed by atoms with Crippen LogP contribution in [-0.4, -0.2) is 12.5 Å². The number of aryl methyl sites for hydroxylation is 1. The summed E-state index contributed by atoms with van der Waals surface area (Å²) >= 11 is 6.10. The van der Waals surface area contributed by atoms with Gasteiger partial charge in [-0.3, -0.25) is 4.79 Å². The number of nitriles is 1. The third kappa shape index (κ3) is 4.16. The fraction of sp³-hybridized carbons (Fsp3) is 0.130. The minimum Gasteiger partial charge on any atom is -0.493 e. The van der Waals surface area contributed by atoms with Crippen molar-refractivity contribution in [3.63, 3.8) is 0 Å². The van der Waals surface area contributed by atoms with Crippen LogP contribution >= 0.6 is 11.6 Å². The molecule has 0 atom stereocenters. The molecule has 3 rings (SSSR count). The molecule has 0 spiro atoms. The summed E-state index contributed by atoms with van der Waals surface area (Å²) in [6.45, 7) is 4.37. The first-order chi connectivity index (χ1) is 13.5. The SMILES string of the molecule is CCOc1ccc(/C=C(\C#N)C(=O)Nc2ccc(C)c(Cl)c2)c2ccccc12. The van der Waals surface area contributed by atoms with Crippen LogP contribution in [-0.2, 0) is 4.79 Å². The molecule has 3 aromatic carbocycles. The lowest BCUT2D eigenvalue weighted by atomic mass is 10.0. The Kier molecular flexibility index (Phi) is 5.98. The van der Waals surface area contributed by atoms with E-state index in [2.05, 4.69) is 5.32 Å². The van der Waals surface area contributed by atoms with Gasteiger partial charge < -0.3 is 10.1 Å². The maximum atomic E-state index is 12.6. The van der Waals surface area contributed by atoms with Gasteiger partial charge in [-0.15, -0.1) is 0 Å². The highest BCUT2D eigenvalue weighted by Crippen LogP contribution is 2.30. The molecule has 4 nitrogen and oxygen atoms in total. The topological polar surface area (TPSA) is 62.1 Å². The molecule has 0 radical (unpaired) electrons. The minimum atomic E-state index is -0.486. The van der Waals surface area contributed by atoms with Gasteiger partial charge in [0, 0.05) is 16.1 Å². The Labute approximate surface area is 169 Å². The zero-order valence-corrected chi connectivity index (χ0v) is 16.4. The van der Waals surface area contributed by atoms with E-state index in [0.29, 0.717) is 17.3 Å². The normalized spacial score (nSPS) is 11.1. The zero-order valence-electron chi connectivity index (χ0n) is 15.6. The van der Waals surface area contributed by atoms with E-state index < -0.39 is 5.91 Å².